The van der Waals surface area contributed by atoms with E-state index in [0.717, 1.165) is 45.1 Å². The van der Waals surface area contributed by atoms with E-state index in [0.29, 0.717) is 12.1 Å². The van der Waals surface area contributed by atoms with Gasteiger partial charge in [0.1, 0.15) is 0 Å². The Balaban J connectivity index is 1.80. The Hall–Kier alpha value is -0.770. The molecule has 1 aliphatic carbocycles. The van der Waals surface area contributed by atoms with Crippen LogP contribution < -0.4 is 5.32 Å². The zero-order chi connectivity index (χ0) is 12.1. The van der Waals surface area contributed by atoms with Gasteiger partial charge in [0.25, 0.3) is 0 Å². The van der Waals surface area contributed by atoms with E-state index in [2.05, 4.69) is 5.32 Å². The lowest BCUT2D eigenvalue weighted by molar-refractivity contribution is 0.181. The summed E-state index contributed by atoms with van der Waals surface area (Å²) in [4.78, 5) is 14.1. The Morgan fingerprint density at radius 2 is 2.00 bits per heavy atom. The lowest BCUT2D eigenvalue weighted by atomic mass is 10.1. The van der Waals surface area contributed by atoms with Gasteiger partial charge in [-0.1, -0.05) is 12.8 Å². The molecular formula is C13H24N2O2. The fraction of sp³-hybridized carbons (Fsp3) is 0.923. The van der Waals surface area contributed by atoms with Gasteiger partial charge >= 0.3 is 6.03 Å². The standard InChI is InChI=1S/C13H24N2O2/c16-10-4-8-12-7-3-9-15(12)13(17)14-11-5-1-2-6-11/h11-12,16H,1-10H2,(H,14,17). The summed E-state index contributed by atoms with van der Waals surface area (Å²) in [5.74, 6) is 0. The molecule has 0 bridgehead atoms. The van der Waals surface area contributed by atoms with Crippen molar-refractivity contribution in [1.82, 2.24) is 10.2 Å². The zero-order valence-corrected chi connectivity index (χ0v) is 10.5. The van der Waals surface area contributed by atoms with Gasteiger partial charge in [0.15, 0.2) is 0 Å². The van der Waals surface area contributed by atoms with Crippen molar-refractivity contribution in [3.05, 3.63) is 0 Å². The fourth-order valence-corrected chi connectivity index (χ4v) is 3.06. The van der Waals surface area contributed by atoms with E-state index in [4.69, 9.17) is 5.11 Å². The number of aliphatic hydroxyl groups is 1. The maximum absolute atomic E-state index is 12.1. The summed E-state index contributed by atoms with van der Waals surface area (Å²) in [6.07, 6.45) is 8.72. The second-order valence-corrected chi connectivity index (χ2v) is 5.29. The molecule has 0 aromatic heterocycles. The van der Waals surface area contributed by atoms with Crippen molar-refractivity contribution < 1.29 is 9.90 Å². The van der Waals surface area contributed by atoms with E-state index >= 15 is 0 Å². The molecule has 4 nitrogen and oxygen atoms in total. The minimum Gasteiger partial charge on any atom is -0.396 e. The molecule has 0 radical (unpaired) electrons. The molecule has 2 rings (SSSR count). The number of carbonyl (C=O) groups excluding carboxylic acids is 1. The molecule has 2 aliphatic rings. The van der Waals surface area contributed by atoms with Gasteiger partial charge in [0.05, 0.1) is 0 Å². The number of aliphatic hydroxyl groups excluding tert-OH is 1. The van der Waals surface area contributed by atoms with E-state index in [1.165, 1.54) is 12.8 Å². The summed E-state index contributed by atoms with van der Waals surface area (Å²) in [5, 5.41) is 12.0. The van der Waals surface area contributed by atoms with Crippen LogP contribution in [0.4, 0.5) is 4.79 Å². The first-order valence-electron chi connectivity index (χ1n) is 6.99. The summed E-state index contributed by atoms with van der Waals surface area (Å²) in [6, 6.07) is 0.877. The maximum Gasteiger partial charge on any atom is 0.317 e. The van der Waals surface area contributed by atoms with Crippen LogP contribution in [0.3, 0.4) is 0 Å². The van der Waals surface area contributed by atoms with Crippen LogP contribution in [0.5, 0.6) is 0 Å². The molecule has 0 spiro atoms. The van der Waals surface area contributed by atoms with Gasteiger partial charge in [0.2, 0.25) is 0 Å². The molecule has 1 aliphatic heterocycles. The number of urea groups is 1. The first-order chi connectivity index (χ1) is 8.31. The number of hydrogen-bond donors (Lipinski definition) is 2. The number of rotatable bonds is 4. The van der Waals surface area contributed by atoms with Gasteiger partial charge in [-0.05, 0) is 38.5 Å². The summed E-state index contributed by atoms with van der Waals surface area (Å²) < 4.78 is 0. The highest BCUT2D eigenvalue weighted by Crippen LogP contribution is 2.23. The van der Waals surface area contributed by atoms with Crippen molar-refractivity contribution in [3.8, 4) is 0 Å². The van der Waals surface area contributed by atoms with Crippen LogP contribution in [0.1, 0.15) is 51.4 Å². The molecule has 4 heteroatoms. The van der Waals surface area contributed by atoms with Crippen molar-refractivity contribution >= 4 is 6.03 Å². The quantitative estimate of drug-likeness (QED) is 0.788. The number of nitrogens with zero attached hydrogens (tertiary/aromatic N) is 1. The highest BCUT2D eigenvalue weighted by molar-refractivity contribution is 5.75. The summed E-state index contributed by atoms with van der Waals surface area (Å²) in [7, 11) is 0. The fourth-order valence-electron chi connectivity index (χ4n) is 3.06. The second kappa shape index (κ2) is 6.24. The Morgan fingerprint density at radius 3 is 2.71 bits per heavy atom. The molecule has 2 fully saturated rings. The molecule has 2 N–H and O–H groups in total. The van der Waals surface area contributed by atoms with Crippen LogP contribution >= 0.6 is 0 Å². The van der Waals surface area contributed by atoms with Gasteiger partial charge in [-0.15, -0.1) is 0 Å². The predicted octanol–water partition coefficient (Wildman–Crippen LogP) is 1.88. The van der Waals surface area contributed by atoms with E-state index in [-0.39, 0.29) is 12.6 Å². The van der Waals surface area contributed by atoms with Crippen LogP contribution in [-0.4, -0.2) is 41.3 Å². The predicted molar refractivity (Wildman–Crippen MR) is 66.8 cm³/mol. The average molecular weight is 240 g/mol. The molecule has 1 heterocycles. The molecule has 2 amide bonds. The van der Waals surface area contributed by atoms with Gasteiger partial charge in [0, 0.05) is 25.2 Å². The highest BCUT2D eigenvalue weighted by atomic mass is 16.3. The molecule has 1 saturated carbocycles. The molecule has 1 saturated heterocycles. The first kappa shape index (κ1) is 12.7. The Kier molecular flexibility index (Phi) is 4.66. The van der Waals surface area contributed by atoms with Crippen LogP contribution in [0.15, 0.2) is 0 Å². The Morgan fingerprint density at radius 1 is 1.24 bits per heavy atom. The third-order valence-corrected chi connectivity index (χ3v) is 4.02. The van der Waals surface area contributed by atoms with Crippen molar-refractivity contribution in [2.75, 3.05) is 13.2 Å². The van der Waals surface area contributed by atoms with Crippen molar-refractivity contribution in [1.29, 1.82) is 0 Å². The number of likely N-dealkylation sites (tertiary alicyclic amines) is 1. The SMILES string of the molecule is O=C(NC1CCCC1)N1CCCC1CCCO. The van der Waals surface area contributed by atoms with E-state index in [1.54, 1.807) is 0 Å². The van der Waals surface area contributed by atoms with Gasteiger partial charge < -0.3 is 15.3 Å². The van der Waals surface area contributed by atoms with E-state index < -0.39 is 0 Å². The van der Waals surface area contributed by atoms with Crippen molar-refractivity contribution in [3.63, 3.8) is 0 Å². The van der Waals surface area contributed by atoms with Crippen LogP contribution in [0.25, 0.3) is 0 Å². The van der Waals surface area contributed by atoms with Gasteiger partial charge in [-0.2, -0.15) is 0 Å². The zero-order valence-electron chi connectivity index (χ0n) is 10.5. The molecule has 1 unspecified atom stereocenters. The van der Waals surface area contributed by atoms with Crippen LogP contribution in [-0.2, 0) is 0 Å². The average Bonchev–Trinajstić information content (AvgIpc) is 2.96. The van der Waals surface area contributed by atoms with Crippen molar-refractivity contribution in [2.45, 2.75) is 63.5 Å². The minimum absolute atomic E-state index is 0.123. The monoisotopic (exact) mass is 240 g/mol. The smallest absolute Gasteiger partial charge is 0.317 e. The van der Waals surface area contributed by atoms with Crippen molar-refractivity contribution in [2.24, 2.45) is 0 Å². The third-order valence-electron chi connectivity index (χ3n) is 4.02. The number of nitrogens with one attached hydrogen (secondary N) is 1. The third kappa shape index (κ3) is 3.35. The number of amides is 2. The van der Waals surface area contributed by atoms with Crippen LogP contribution in [0.2, 0.25) is 0 Å². The lowest BCUT2D eigenvalue weighted by Gasteiger charge is -2.26. The normalized spacial score (nSPS) is 25.5. The molecule has 98 valence electrons. The number of hydrogen-bond acceptors (Lipinski definition) is 2. The first-order valence-corrected chi connectivity index (χ1v) is 6.99. The molecule has 1 atom stereocenters. The molecular weight excluding hydrogens is 216 g/mol. The Bertz CT molecular complexity index is 252. The Labute approximate surface area is 103 Å². The summed E-state index contributed by atoms with van der Waals surface area (Å²) in [5.41, 5.74) is 0. The minimum atomic E-state index is 0.123. The lowest BCUT2D eigenvalue weighted by Crippen LogP contribution is -2.46. The van der Waals surface area contributed by atoms with Crippen LogP contribution in [0, 0.1) is 0 Å². The molecule has 0 aromatic carbocycles. The largest absolute Gasteiger partial charge is 0.396 e. The summed E-state index contributed by atoms with van der Waals surface area (Å²) >= 11 is 0. The second-order valence-electron chi connectivity index (χ2n) is 5.29. The van der Waals surface area contributed by atoms with E-state index in [9.17, 15) is 4.79 Å². The van der Waals surface area contributed by atoms with Gasteiger partial charge in [-0.25, -0.2) is 4.79 Å². The number of carbonyl (C=O) groups is 1. The molecule has 0 aromatic rings. The van der Waals surface area contributed by atoms with E-state index in [1.807, 2.05) is 4.90 Å². The topological polar surface area (TPSA) is 52.6 Å². The summed E-state index contributed by atoms with van der Waals surface area (Å²) in [6.45, 7) is 1.11. The maximum atomic E-state index is 12.1. The van der Waals surface area contributed by atoms with Gasteiger partial charge in [-0.3, -0.25) is 0 Å². The highest BCUT2D eigenvalue weighted by Gasteiger charge is 2.29. The molecule has 17 heavy (non-hydrogen) atoms.